The lowest BCUT2D eigenvalue weighted by atomic mass is 9.97. The molecular formula is C27H31N3O3. The van der Waals surface area contributed by atoms with Crippen molar-refractivity contribution in [2.45, 2.75) is 45.6 Å². The quantitative estimate of drug-likeness (QED) is 0.473. The van der Waals surface area contributed by atoms with Gasteiger partial charge >= 0.3 is 0 Å². The number of aromatic nitrogens is 1. The molecule has 0 radical (unpaired) electrons. The molecule has 0 fully saturated rings. The predicted molar refractivity (Wildman–Crippen MR) is 130 cm³/mol. The SMILES string of the molecule is CCCCC(Cc1cccc(OC)c1)NC(=O)c1ccc(-c2c(C(N)=O)ccnc2C)cc1. The lowest BCUT2D eigenvalue weighted by molar-refractivity contribution is 0.0933. The van der Waals surface area contributed by atoms with Crippen molar-refractivity contribution >= 4 is 11.8 Å². The number of primary amides is 1. The van der Waals surface area contributed by atoms with E-state index in [0.717, 1.165) is 42.6 Å². The summed E-state index contributed by atoms with van der Waals surface area (Å²) in [6, 6.07) is 16.8. The van der Waals surface area contributed by atoms with Gasteiger partial charge in [0.25, 0.3) is 5.91 Å². The number of benzene rings is 2. The summed E-state index contributed by atoms with van der Waals surface area (Å²) < 4.78 is 5.33. The van der Waals surface area contributed by atoms with Crippen molar-refractivity contribution in [1.29, 1.82) is 0 Å². The zero-order chi connectivity index (χ0) is 23.8. The standard InChI is InChI=1S/C27H31N3O3/c1-4-5-8-22(16-19-7-6-9-23(17-19)33-3)30-27(32)21-12-10-20(11-13-21)25-18(2)29-15-14-24(25)26(28)31/h6-7,9-15,17,22H,4-5,8,16H2,1-3H3,(H2,28,31)(H,30,32). The Hall–Kier alpha value is -3.67. The number of carbonyl (C=O) groups is 2. The van der Waals surface area contributed by atoms with Gasteiger partial charge in [0.05, 0.1) is 12.7 Å². The van der Waals surface area contributed by atoms with Crippen molar-refractivity contribution in [1.82, 2.24) is 10.3 Å². The molecule has 0 spiro atoms. The average molecular weight is 446 g/mol. The van der Waals surface area contributed by atoms with Crippen LogP contribution in [0.5, 0.6) is 5.75 Å². The average Bonchev–Trinajstić information content (AvgIpc) is 2.82. The molecule has 0 aliphatic carbocycles. The van der Waals surface area contributed by atoms with Gasteiger partial charge in [-0.05, 0) is 61.2 Å². The molecular weight excluding hydrogens is 414 g/mol. The summed E-state index contributed by atoms with van der Waals surface area (Å²) in [6.45, 7) is 3.98. The number of amides is 2. The highest BCUT2D eigenvalue weighted by Gasteiger charge is 2.17. The smallest absolute Gasteiger partial charge is 0.251 e. The van der Waals surface area contributed by atoms with Crippen LogP contribution in [0.15, 0.2) is 60.8 Å². The first kappa shape index (κ1) is 24.0. The molecule has 3 rings (SSSR count). The second kappa shape index (κ2) is 11.3. The minimum atomic E-state index is -0.506. The third-order valence-corrected chi connectivity index (χ3v) is 5.70. The van der Waals surface area contributed by atoms with Crippen LogP contribution >= 0.6 is 0 Å². The maximum atomic E-state index is 13.0. The van der Waals surface area contributed by atoms with Crippen LogP contribution in [0.3, 0.4) is 0 Å². The summed E-state index contributed by atoms with van der Waals surface area (Å²) >= 11 is 0. The molecule has 6 heteroatoms. The molecule has 172 valence electrons. The first-order valence-corrected chi connectivity index (χ1v) is 11.2. The molecule has 3 N–H and O–H groups in total. The highest BCUT2D eigenvalue weighted by molar-refractivity contribution is 6.01. The molecule has 0 aliphatic rings. The number of hydrogen-bond donors (Lipinski definition) is 2. The molecule has 1 aromatic heterocycles. The van der Waals surface area contributed by atoms with Gasteiger partial charge < -0.3 is 15.8 Å². The molecule has 0 aliphatic heterocycles. The van der Waals surface area contributed by atoms with Gasteiger partial charge in [-0.15, -0.1) is 0 Å². The normalized spacial score (nSPS) is 11.6. The van der Waals surface area contributed by atoms with Crippen LogP contribution in [0.25, 0.3) is 11.1 Å². The summed E-state index contributed by atoms with van der Waals surface area (Å²) in [4.78, 5) is 29.1. The molecule has 3 aromatic rings. The molecule has 0 saturated carbocycles. The zero-order valence-corrected chi connectivity index (χ0v) is 19.4. The molecule has 6 nitrogen and oxygen atoms in total. The van der Waals surface area contributed by atoms with Crippen molar-refractivity contribution < 1.29 is 14.3 Å². The van der Waals surface area contributed by atoms with Crippen LogP contribution in [-0.4, -0.2) is 29.9 Å². The van der Waals surface area contributed by atoms with Gasteiger partial charge in [0, 0.05) is 29.1 Å². The Morgan fingerprint density at radius 2 is 1.88 bits per heavy atom. The largest absolute Gasteiger partial charge is 0.497 e. The van der Waals surface area contributed by atoms with E-state index >= 15 is 0 Å². The van der Waals surface area contributed by atoms with Gasteiger partial charge in [-0.3, -0.25) is 14.6 Å². The highest BCUT2D eigenvalue weighted by atomic mass is 16.5. The molecule has 2 amide bonds. The number of pyridine rings is 1. The Morgan fingerprint density at radius 1 is 1.12 bits per heavy atom. The number of hydrogen-bond acceptors (Lipinski definition) is 4. The Balaban J connectivity index is 1.77. The van der Waals surface area contributed by atoms with Crippen molar-refractivity contribution in [2.75, 3.05) is 7.11 Å². The summed E-state index contributed by atoms with van der Waals surface area (Å²) in [7, 11) is 1.65. The van der Waals surface area contributed by atoms with Crippen LogP contribution < -0.4 is 15.8 Å². The van der Waals surface area contributed by atoms with Crippen molar-refractivity contribution in [3.63, 3.8) is 0 Å². The number of ether oxygens (including phenoxy) is 1. The topological polar surface area (TPSA) is 94.3 Å². The molecule has 1 atom stereocenters. The van der Waals surface area contributed by atoms with E-state index in [0.29, 0.717) is 22.4 Å². The number of nitrogens with zero attached hydrogens (tertiary/aromatic N) is 1. The van der Waals surface area contributed by atoms with Crippen LogP contribution in [0.1, 0.15) is 58.2 Å². The maximum Gasteiger partial charge on any atom is 0.251 e. The number of methoxy groups -OCH3 is 1. The molecule has 33 heavy (non-hydrogen) atoms. The minimum Gasteiger partial charge on any atom is -0.497 e. The van der Waals surface area contributed by atoms with E-state index in [2.05, 4.69) is 23.3 Å². The Kier molecular flexibility index (Phi) is 8.19. The molecule has 1 unspecified atom stereocenters. The Morgan fingerprint density at radius 3 is 2.55 bits per heavy atom. The Bertz CT molecular complexity index is 1110. The van der Waals surface area contributed by atoms with Crippen LogP contribution in [0.2, 0.25) is 0 Å². The van der Waals surface area contributed by atoms with E-state index < -0.39 is 5.91 Å². The predicted octanol–water partition coefficient (Wildman–Crippen LogP) is 4.70. The monoisotopic (exact) mass is 445 g/mol. The highest BCUT2D eigenvalue weighted by Crippen LogP contribution is 2.26. The van der Waals surface area contributed by atoms with Gasteiger partial charge in [-0.1, -0.05) is 44.0 Å². The molecule has 0 saturated heterocycles. The molecule has 0 bridgehead atoms. The van der Waals surface area contributed by atoms with E-state index in [1.165, 1.54) is 0 Å². The van der Waals surface area contributed by atoms with Crippen molar-refractivity contribution in [2.24, 2.45) is 5.73 Å². The van der Waals surface area contributed by atoms with Crippen molar-refractivity contribution in [3.8, 4) is 16.9 Å². The van der Waals surface area contributed by atoms with E-state index in [9.17, 15) is 9.59 Å². The van der Waals surface area contributed by atoms with Crippen LogP contribution in [0.4, 0.5) is 0 Å². The summed E-state index contributed by atoms with van der Waals surface area (Å²) in [5.41, 5.74) is 9.83. The number of rotatable bonds is 10. The fourth-order valence-corrected chi connectivity index (χ4v) is 3.95. The minimum absolute atomic E-state index is 0.0197. The third kappa shape index (κ3) is 6.19. The van der Waals surface area contributed by atoms with Crippen LogP contribution in [0, 0.1) is 6.92 Å². The molecule has 1 heterocycles. The lowest BCUT2D eigenvalue weighted by Crippen LogP contribution is -2.36. The van der Waals surface area contributed by atoms with Crippen LogP contribution in [-0.2, 0) is 6.42 Å². The second-order valence-corrected chi connectivity index (χ2v) is 8.13. The summed E-state index contributed by atoms with van der Waals surface area (Å²) in [6.07, 6.45) is 5.29. The number of carbonyl (C=O) groups excluding carboxylic acids is 2. The van der Waals surface area contributed by atoms with Gasteiger partial charge in [0.2, 0.25) is 5.91 Å². The lowest BCUT2D eigenvalue weighted by Gasteiger charge is -2.19. The summed E-state index contributed by atoms with van der Waals surface area (Å²) in [5.74, 6) is 0.182. The van der Waals surface area contributed by atoms with Gasteiger partial charge in [0.1, 0.15) is 5.75 Å². The first-order chi connectivity index (χ1) is 15.9. The fraction of sp³-hybridized carbons (Fsp3) is 0.296. The second-order valence-electron chi connectivity index (χ2n) is 8.13. The maximum absolute atomic E-state index is 13.0. The van der Waals surface area contributed by atoms with Gasteiger partial charge in [-0.25, -0.2) is 0 Å². The number of aryl methyl sites for hydroxylation is 1. The van der Waals surface area contributed by atoms with Crippen molar-refractivity contribution in [3.05, 3.63) is 83.2 Å². The van der Waals surface area contributed by atoms with E-state index in [1.54, 1.807) is 31.5 Å². The number of unbranched alkanes of at least 4 members (excludes halogenated alkanes) is 1. The van der Waals surface area contributed by atoms with Gasteiger partial charge in [-0.2, -0.15) is 0 Å². The zero-order valence-electron chi connectivity index (χ0n) is 19.4. The molecule has 2 aromatic carbocycles. The summed E-state index contributed by atoms with van der Waals surface area (Å²) in [5, 5.41) is 3.19. The third-order valence-electron chi connectivity index (χ3n) is 5.70. The van der Waals surface area contributed by atoms with E-state index in [1.807, 2.05) is 37.3 Å². The van der Waals surface area contributed by atoms with E-state index in [4.69, 9.17) is 10.5 Å². The number of nitrogens with one attached hydrogen (secondary N) is 1. The Labute approximate surface area is 195 Å². The fourth-order valence-electron chi connectivity index (χ4n) is 3.95. The van der Waals surface area contributed by atoms with Gasteiger partial charge in [0.15, 0.2) is 0 Å². The number of nitrogens with two attached hydrogens (primary N) is 1. The first-order valence-electron chi connectivity index (χ1n) is 11.2. The van der Waals surface area contributed by atoms with E-state index in [-0.39, 0.29) is 11.9 Å².